The van der Waals surface area contributed by atoms with Crippen LogP contribution in [0.15, 0.2) is 17.3 Å². The first-order chi connectivity index (χ1) is 7.15. The molecule has 0 amide bonds. The maximum absolute atomic E-state index is 10.7. The molecule has 6 heteroatoms. The average molecular weight is 247 g/mol. The van der Waals surface area contributed by atoms with E-state index < -0.39 is 0 Å². The highest BCUT2D eigenvalue weighted by Gasteiger charge is 2.11. The Morgan fingerprint density at radius 1 is 1.67 bits per heavy atom. The summed E-state index contributed by atoms with van der Waals surface area (Å²) in [6.45, 7) is 1.68. The van der Waals surface area contributed by atoms with Crippen molar-refractivity contribution in [1.82, 2.24) is 4.98 Å². The van der Waals surface area contributed by atoms with Gasteiger partial charge in [0.25, 0.3) is 5.69 Å². The SMILES string of the molecule is Cc1cnc(SCCCCl)cc1[N+](=O)[O-]. The molecule has 0 atom stereocenters. The van der Waals surface area contributed by atoms with Crippen molar-refractivity contribution in [2.45, 2.75) is 18.4 Å². The number of pyridine rings is 1. The Kier molecular flexibility index (Phi) is 4.84. The molecular formula is C9H11ClN2O2S. The fourth-order valence-electron chi connectivity index (χ4n) is 1.00. The van der Waals surface area contributed by atoms with E-state index in [9.17, 15) is 10.1 Å². The Hall–Kier alpha value is -0.810. The van der Waals surface area contributed by atoms with E-state index >= 15 is 0 Å². The van der Waals surface area contributed by atoms with Gasteiger partial charge in [0.1, 0.15) is 5.03 Å². The van der Waals surface area contributed by atoms with Gasteiger partial charge in [-0.3, -0.25) is 10.1 Å². The Bertz CT molecular complexity index is 360. The van der Waals surface area contributed by atoms with Crippen molar-refractivity contribution >= 4 is 29.1 Å². The molecule has 1 rings (SSSR count). The van der Waals surface area contributed by atoms with E-state index in [-0.39, 0.29) is 10.6 Å². The van der Waals surface area contributed by atoms with Gasteiger partial charge in [-0.25, -0.2) is 4.98 Å². The number of halogens is 1. The summed E-state index contributed by atoms with van der Waals surface area (Å²) in [4.78, 5) is 14.4. The molecule has 15 heavy (non-hydrogen) atoms. The summed E-state index contributed by atoms with van der Waals surface area (Å²) in [6.07, 6.45) is 2.40. The lowest BCUT2D eigenvalue weighted by molar-refractivity contribution is -0.385. The van der Waals surface area contributed by atoms with Crippen LogP contribution >= 0.6 is 23.4 Å². The van der Waals surface area contributed by atoms with E-state index in [4.69, 9.17) is 11.6 Å². The fraction of sp³-hybridized carbons (Fsp3) is 0.444. The first-order valence-electron chi connectivity index (χ1n) is 4.45. The molecule has 0 aliphatic carbocycles. The predicted molar refractivity (Wildman–Crippen MR) is 61.7 cm³/mol. The van der Waals surface area contributed by atoms with Crippen molar-refractivity contribution in [3.8, 4) is 0 Å². The number of alkyl halides is 1. The van der Waals surface area contributed by atoms with Crippen LogP contribution in [0.3, 0.4) is 0 Å². The van der Waals surface area contributed by atoms with E-state index in [1.165, 1.54) is 24.0 Å². The Morgan fingerprint density at radius 2 is 2.40 bits per heavy atom. The number of nitro groups is 1. The molecule has 0 saturated heterocycles. The van der Waals surface area contributed by atoms with Crippen LogP contribution in [0.1, 0.15) is 12.0 Å². The van der Waals surface area contributed by atoms with E-state index in [0.29, 0.717) is 16.5 Å². The zero-order valence-corrected chi connectivity index (χ0v) is 9.85. The van der Waals surface area contributed by atoms with E-state index in [1.54, 1.807) is 6.92 Å². The van der Waals surface area contributed by atoms with Crippen LogP contribution in [0.5, 0.6) is 0 Å². The maximum Gasteiger partial charge on any atom is 0.276 e. The lowest BCUT2D eigenvalue weighted by Crippen LogP contribution is -1.94. The molecule has 0 fully saturated rings. The van der Waals surface area contributed by atoms with Crippen molar-refractivity contribution in [3.63, 3.8) is 0 Å². The monoisotopic (exact) mass is 246 g/mol. The molecule has 0 radical (unpaired) electrons. The summed E-state index contributed by atoms with van der Waals surface area (Å²) in [6, 6.07) is 1.51. The second-order valence-electron chi connectivity index (χ2n) is 2.96. The first-order valence-corrected chi connectivity index (χ1v) is 5.97. The van der Waals surface area contributed by atoms with Gasteiger partial charge in [0.05, 0.1) is 4.92 Å². The van der Waals surface area contributed by atoms with Gasteiger partial charge in [-0.15, -0.1) is 23.4 Å². The summed E-state index contributed by atoms with van der Waals surface area (Å²) in [5.74, 6) is 1.43. The molecule has 1 heterocycles. The summed E-state index contributed by atoms with van der Waals surface area (Å²) in [5, 5.41) is 11.3. The highest BCUT2D eigenvalue weighted by Crippen LogP contribution is 2.24. The van der Waals surface area contributed by atoms with Crippen LogP contribution in [-0.4, -0.2) is 21.5 Å². The highest BCUT2D eigenvalue weighted by atomic mass is 35.5. The minimum atomic E-state index is -0.386. The third kappa shape index (κ3) is 3.68. The van der Waals surface area contributed by atoms with Crippen LogP contribution in [0.25, 0.3) is 0 Å². The predicted octanol–water partition coefficient (Wildman–Crippen LogP) is 3.02. The quantitative estimate of drug-likeness (QED) is 0.263. The molecule has 0 bridgehead atoms. The van der Waals surface area contributed by atoms with Crippen LogP contribution in [0.4, 0.5) is 5.69 Å². The van der Waals surface area contributed by atoms with Crippen molar-refractivity contribution in [2.75, 3.05) is 11.6 Å². The minimum absolute atomic E-state index is 0.123. The maximum atomic E-state index is 10.7. The van der Waals surface area contributed by atoms with E-state index in [2.05, 4.69) is 4.98 Å². The highest BCUT2D eigenvalue weighted by molar-refractivity contribution is 7.99. The molecule has 0 unspecified atom stereocenters. The van der Waals surface area contributed by atoms with Gasteiger partial charge < -0.3 is 0 Å². The molecule has 82 valence electrons. The Labute approximate surface area is 97.2 Å². The first kappa shape index (κ1) is 12.3. The third-order valence-electron chi connectivity index (χ3n) is 1.77. The van der Waals surface area contributed by atoms with Crippen molar-refractivity contribution in [3.05, 3.63) is 27.9 Å². The largest absolute Gasteiger partial charge is 0.276 e. The second-order valence-corrected chi connectivity index (χ2v) is 4.45. The minimum Gasteiger partial charge on any atom is -0.258 e. The van der Waals surface area contributed by atoms with Gasteiger partial charge in [-0.05, 0) is 13.3 Å². The van der Waals surface area contributed by atoms with Gasteiger partial charge in [0.15, 0.2) is 0 Å². The lowest BCUT2D eigenvalue weighted by atomic mass is 10.3. The van der Waals surface area contributed by atoms with E-state index in [0.717, 1.165) is 12.2 Å². The van der Waals surface area contributed by atoms with Crippen molar-refractivity contribution in [1.29, 1.82) is 0 Å². The molecule has 1 aromatic heterocycles. The fourth-order valence-corrected chi connectivity index (χ4v) is 2.11. The molecule has 0 saturated carbocycles. The summed E-state index contributed by atoms with van der Waals surface area (Å²) < 4.78 is 0. The Balaban J connectivity index is 2.74. The third-order valence-corrected chi connectivity index (χ3v) is 3.05. The molecule has 0 aliphatic rings. The molecular weight excluding hydrogens is 236 g/mol. The smallest absolute Gasteiger partial charge is 0.258 e. The van der Waals surface area contributed by atoms with Crippen LogP contribution in [0, 0.1) is 17.0 Å². The summed E-state index contributed by atoms with van der Waals surface area (Å²) in [5.41, 5.74) is 0.708. The standard InChI is InChI=1S/C9H11ClN2O2S/c1-7-6-11-9(15-4-2-3-10)5-8(7)12(13)14/h5-6H,2-4H2,1H3. The number of aryl methyl sites for hydroxylation is 1. The van der Waals surface area contributed by atoms with Gasteiger partial charge in [0.2, 0.25) is 0 Å². The Morgan fingerprint density at radius 3 is 3.00 bits per heavy atom. The molecule has 0 N–H and O–H groups in total. The number of rotatable bonds is 5. The number of nitrogens with zero attached hydrogens (tertiary/aromatic N) is 2. The molecule has 0 aliphatic heterocycles. The summed E-state index contributed by atoms with van der Waals surface area (Å²) in [7, 11) is 0. The lowest BCUT2D eigenvalue weighted by Gasteiger charge is -2.01. The van der Waals surface area contributed by atoms with Crippen LogP contribution < -0.4 is 0 Å². The second kappa shape index (κ2) is 5.92. The number of aromatic nitrogens is 1. The summed E-state index contributed by atoms with van der Waals surface area (Å²) >= 11 is 7.02. The van der Waals surface area contributed by atoms with Gasteiger partial charge in [-0.2, -0.15) is 0 Å². The molecule has 0 spiro atoms. The normalized spacial score (nSPS) is 10.3. The number of hydrogen-bond donors (Lipinski definition) is 0. The topological polar surface area (TPSA) is 56.0 Å². The zero-order valence-electron chi connectivity index (χ0n) is 8.27. The van der Waals surface area contributed by atoms with Gasteiger partial charge in [0, 0.05) is 29.5 Å². The average Bonchev–Trinajstić information content (AvgIpc) is 2.20. The molecule has 1 aromatic rings. The zero-order chi connectivity index (χ0) is 11.3. The van der Waals surface area contributed by atoms with Gasteiger partial charge in [-0.1, -0.05) is 0 Å². The molecule has 4 nitrogen and oxygen atoms in total. The number of hydrogen-bond acceptors (Lipinski definition) is 4. The van der Waals surface area contributed by atoms with Crippen molar-refractivity contribution in [2.24, 2.45) is 0 Å². The molecule has 0 aromatic carbocycles. The van der Waals surface area contributed by atoms with Crippen LogP contribution in [0.2, 0.25) is 0 Å². The number of thioether (sulfide) groups is 1. The van der Waals surface area contributed by atoms with Crippen molar-refractivity contribution < 1.29 is 4.92 Å². The van der Waals surface area contributed by atoms with Crippen LogP contribution in [-0.2, 0) is 0 Å². The van der Waals surface area contributed by atoms with Gasteiger partial charge >= 0.3 is 0 Å². The van der Waals surface area contributed by atoms with E-state index in [1.807, 2.05) is 0 Å².